The van der Waals surface area contributed by atoms with E-state index in [1.165, 1.54) is 12.1 Å². The smallest absolute Gasteiger partial charge is 0.204 e. The summed E-state index contributed by atoms with van der Waals surface area (Å²) in [6.45, 7) is 2.11. The van der Waals surface area contributed by atoms with Gasteiger partial charge in [-0.3, -0.25) is 0 Å². The number of phenolic OH excluding ortho intramolecular Hbond substituents is 1. The number of aromatic nitrogens is 4. The van der Waals surface area contributed by atoms with Crippen molar-refractivity contribution in [1.82, 2.24) is 20.6 Å². The summed E-state index contributed by atoms with van der Waals surface area (Å²) in [5.74, 6) is 0.148. The predicted octanol–water partition coefficient (Wildman–Crippen LogP) is 1.37. The van der Waals surface area contributed by atoms with Gasteiger partial charge in [-0.2, -0.15) is 5.21 Å². The lowest BCUT2D eigenvalue weighted by molar-refractivity contribution is 0.319. The van der Waals surface area contributed by atoms with E-state index >= 15 is 0 Å². The minimum absolute atomic E-state index is 0.129. The summed E-state index contributed by atoms with van der Waals surface area (Å²) in [7, 11) is 0. The molecule has 17 heavy (non-hydrogen) atoms. The first kappa shape index (κ1) is 11.0. The lowest BCUT2D eigenvalue weighted by Gasteiger charge is -2.07. The summed E-state index contributed by atoms with van der Waals surface area (Å²) in [5.41, 5.74) is 0.352. The van der Waals surface area contributed by atoms with Gasteiger partial charge in [-0.1, -0.05) is 0 Å². The highest BCUT2D eigenvalue weighted by Gasteiger charge is 2.14. The van der Waals surface area contributed by atoms with Gasteiger partial charge >= 0.3 is 0 Å². The Bertz CT molecular complexity index is 526. The third kappa shape index (κ3) is 2.05. The van der Waals surface area contributed by atoms with Crippen molar-refractivity contribution >= 4 is 5.69 Å². The second-order valence-electron chi connectivity index (χ2n) is 3.10. The predicted molar refractivity (Wildman–Crippen MR) is 57.9 cm³/mol. The number of aromatic amines is 1. The summed E-state index contributed by atoms with van der Waals surface area (Å²) in [4.78, 5) is 10.6. The molecular formula is C9H9N5O3. The van der Waals surface area contributed by atoms with Crippen LogP contribution in [-0.2, 0) is 0 Å². The molecule has 0 spiro atoms. The van der Waals surface area contributed by atoms with Crippen LogP contribution in [0.5, 0.6) is 11.5 Å². The van der Waals surface area contributed by atoms with Crippen LogP contribution < -0.4 is 4.74 Å². The van der Waals surface area contributed by atoms with E-state index in [1.54, 1.807) is 6.92 Å². The molecule has 2 aromatic rings. The van der Waals surface area contributed by atoms with E-state index in [1.807, 2.05) is 0 Å². The van der Waals surface area contributed by atoms with Crippen molar-refractivity contribution in [3.8, 4) is 22.9 Å². The lowest BCUT2D eigenvalue weighted by atomic mass is 10.1. The van der Waals surface area contributed by atoms with Crippen LogP contribution in [0, 0.1) is 4.91 Å². The highest BCUT2D eigenvalue weighted by molar-refractivity contribution is 5.70. The molecular weight excluding hydrogens is 226 g/mol. The number of aromatic hydroxyl groups is 1. The van der Waals surface area contributed by atoms with Crippen LogP contribution in [-0.4, -0.2) is 32.3 Å². The third-order valence-electron chi connectivity index (χ3n) is 2.06. The number of benzene rings is 1. The Hall–Kier alpha value is -2.51. The van der Waals surface area contributed by atoms with E-state index in [2.05, 4.69) is 25.8 Å². The van der Waals surface area contributed by atoms with Gasteiger partial charge in [0.25, 0.3) is 0 Å². The highest BCUT2D eigenvalue weighted by atomic mass is 16.5. The van der Waals surface area contributed by atoms with Gasteiger partial charge in [0.2, 0.25) is 5.82 Å². The first-order valence-electron chi connectivity index (χ1n) is 4.83. The van der Waals surface area contributed by atoms with Gasteiger partial charge in [-0.15, -0.1) is 15.1 Å². The minimum Gasteiger partial charge on any atom is -0.503 e. The number of H-pyrrole nitrogens is 1. The summed E-state index contributed by atoms with van der Waals surface area (Å²) in [6, 6.07) is 2.87. The Labute approximate surface area is 95.6 Å². The summed E-state index contributed by atoms with van der Waals surface area (Å²) < 4.78 is 5.18. The maximum Gasteiger partial charge on any atom is 0.204 e. The van der Waals surface area contributed by atoms with Gasteiger partial charge in [0.1, 0.15) is 0 Å². The van der Waals surface area contributed by atoms with Crippen molar-refractivity contribution in [2.75, 3.05) is 6.61 Å². The summed E-state index contributed by atoms with van der Waals surface area (Å²) >= 11 is 0. The molecule has 1 aromatic carbocycles. The Morgan fingerprint density at radius 3 is 2.94 bits per heavy atom. The normalized spacial score (nSPS) is 10.2. The maximum atomic E-state index is 10.6. The van der Waals surface area contributed by atoms with Crippen LogP contribution in [0.2, 0.25) is 0 Å². The molecule has 0 aliphatic rings. The first-order valence-corrected chi connectivity index (χ1v) is 4.83. The van der Waals surface area contributed by atoms with Gasteiger partial charge in [0.15, 0.2) is 17.2 Å². The first-order chi connectivity index (χ1) is 8.26. The minimum atomic E-state index is -0.297. The van der Waals surface area contributed by atoms with Gasteiger partial charge in [-0.05, 0) is 29.4 Å². The van der Waals surface area contributed by atoms with E-state index in [0.717, 1.165) is 0 Å². The molecule has 1 aromatic heterocycles. The zero-order valence-corrected chi connectivity index (χ0v) is 8.91. The molecule has 88 valence electrons. The molecule has 0 aliphatic carbocycles. The Morgan fingerprint density at radius 1 is 1.53 bits per heavy atom. The number of phenols is 1. The summed E-state index contributed by atoms with van der Waals surface area (Å²) in [5, 5.41) is 25.6. The number of rotatable bonds is 4. The monoisotopic (exact) mass is 235 g/mol. The molecule has 0 aliphatic heterocycles. The fourth-order valence-electron chi connectivity index (χ4n) is 1.34. The SMILES string of the molecule is CCOc1cc(-c2nn[nH]n2)cc(N=O)c1O. The van der Waals surface area contributed by atoms with Crippen molar-refractivity contribution in [1.29, 1.82) is 0 Å². The van der Waals surface area contributed by atoms with E-state index in [0.29, 0.717) is 12.2 Å². The largest absolute Gasteiger partial charge is 0.503 e. The van der Waals surface area contributed by atoms with Crippen LogP contribution in [0.25, 0.3) is 11.4 Å². The summed E-state index contributed by atoms with van der Waals surface area (Å²) in [6.07, 6.45) is 0. The van der Waals surface area contributed by atoms with Crippen LogP contribution >= 0.6 is 0 Å². The molecule has 0 unspecified atom stereocenters. The molecule has 0 saturated heterocycles. The van der Waals surface area contributed by atoms with Crippen molar-refractivity contribution in [3.05, 3.63) is 17.0 Å². The quantitative estimate of drug-likeness (QED) is 0.773. The zero-order valence-electron chi connectivity index (χ0n) is 8.91. The number of tetrazole rings is 1. The van der Waals surface area contributed by atoms with Gasteiger partial charge in [-0.25, -0.2) is 0 Å². The molecule has 2 rings (SSSR count). The van der Waals surface area contributed by atoms with Crippen molar-refractivity contribution < 1.29 is 9.84 Å². The van der Waals surface area contributed by atoms with Crippen LogP contribution in [0.4, 0.5) is 5.69 Å². The van der Waals surface area contributed by atoms with Gasteiger partial charge in [0, 0.05) is 5.56 Å². The van der Waals surface area contributed by atoms with Crippen molar-refractivity contribution in [2.24, 2.45) is 5.18 Å². The number of nitroso groups, excluding NO2 is 1. The fourth-order valence-corrected chi connectivity index (χ4v) is 1.34. The molecule has 0 atom stereocenters. The third-order valence-corrected chi connectivity index (χ3v) is 2.06. The fraction of sp³-hybridized carbons (Fsp3) is 0.222. The number of nitrogens with zero attached hydrogens (tertiary/aromatic N) is 4. The number of hydrogen-bond donors (Lipinski definition) is 2. The molecule has 0 bridgehead atoms. The standard InChI is InChI=1S/C9H9N5O3/c1-2-17-7-4-5(9-10-13-14-11-9)3-6(12-16)8(7)15/h3-4,15H,2H2,1H3,(H,10,11,13,14). The van der Waals surface area contributed by atoms with E-state index in [4.69, 9.17) is 4.74 Å². The Morgan fingerprint density at radius 2 is 2.35 bits per heavy atom. The molecule has 0 fully saturated rings. The zero-order chi connectivity index (χ0) is 12.3. The molecule has 8 heteroatoms. The second kappa shape index (κ2) is 4.56. The number of ether oxygens (including phenoxy) is 1. The molecule has 8 nitrogen and oxygen atoms in total. The topological polar surface area (TPSA) is 113 Å². The molecule has 0 radical (unpaired) electrons. The molecule has 0 amide bonds. The van der Waals surface area contributed by atoms with Crippen molar-refractivity contribution in [2.45, 2.75) is 6.92 Å². The Balaban J connectivity index is 2.54. The number of nitrogens with one attached hydrogen (secondary N) is 1. The van der Waals surface area contributed by atoms with E-state index < -0.39 is 0 Å². The lowest BCUT2D eigenvalue weighted by Crippen LogP contribution is -1.93. The van der Waals surface area contributed by atoms with Gasteiger partial charge in [0.05, 0.1) is 6.61 Å². The van der Waals surface area contributed by atoms with Crippen LogP contribution in [0.3, 0.4) is 0 Å². The molecule has 1 heterocycles. The van der Waals surface area contributed by atoms with Crippen LogP contribution in [0.1, 0.15) is 6.92 Å². The number of hydrogen-bond acceptors (Lipinski definition) is 7. The molecule has 2 N–H and O–H groups in total. The van der Waals surface area contributed by atoms with E-state index in [-0.39, 0.29) is 23.0 Å². The van der Waals surface area contributed by atoms with Crippen molar-refractivity contribution in [3.63, 3.8) is 0 Å². The van der Waals surface area contributed by atoms with E-state index in [9.17, 15) is 10.0 Å². The average molecular weight is 235 g/mol. The molecule has 0 saturated carbocycles. The maximum absolute atomic E-state index is 10.6. The highest BCUT2D eigenvalue weighted by Crippen LogP contribution is 2.39. The van der Waals surface area contributed by atoms with Crippen LogP contribution in [0.15, 0.2) is 17.3 Å². The second-order valence-corrected chi connectivity index (χ2v) is 3.10. The van der Waals surface area contributed by atoms with Gasteiger partial charge < -0.3 is 9.84 Å². The Kier molecular flexibility index (Phi) is 2.95. The average Bonchev–Trinajstić information content (AvgIpc) is 2.85.